The Morgan fingerprint density at radius 3 is 2.80 bits per heavy atom. The van der Waals surface area contributed by atoms with Crippen molar-refractivity contribution in [1.82, 2.24) is 9.80 Å². The van der Waals surface area contributed by atoms with Gasteiger partial charge in [0.15, 0.2) is 0 Å². The number of hydrogen-bond donors (Lipinski definition) is 0. The van der Waals surface area contributed by atoms with E-state index in [0.717, 1.165) is 38.1 Å². The summed E-state index contributed by atoms with van der Waals surface area (Å²) < 4.78 is 5.66. The summed E-state index contributed by atoms with van der Waals surface area (Å²) in [5, 5.41) is 0. The smallest absolute Gasteiger partial charge is 0.411 e. The number of carbonyl (C=O) groups is 2. The van der Waals surface area contributed by atoms with Crippen LogP contribution in [0, 0.1) is 0 Å². The first-order valence-corrected chi connectivity index (χ1v) is 10.4. The number of benzene rings is 1. The second-order valence-electron chi connectivity index (χ2n) is 7.03. The van der Waals surface area contributed by atoms with Gasteiger partial charge in [-0.1, -0.05) is 24.3 Å². The minimum absolute atomic E-state index is 0.0486. The van der Waals surface area contributed by atoms with E-state index >= 15 is 0 Å². The Bertz CT molecular complexity index is 672. The van der Waals surface area contributed by atoms with Gasteiger partial charge < -0.3 is 9.64 Å². The van der Waals surface area contributed by atoms with Gasteiger partial charge in [0.2, 0.25) is 5.91 Å². The first-order valence-electron chi connectivity index (χ1n) is 9.02. The summed E-state index contributed by atoms with van der Waals surface area (Å²) in [5.41, 5.74) is 2.52. The predicted octanol–water partition coefficient (Wildman–Crippen LogP) is 2.85. The number of likely N-dealkylation sites (tertiary alicyclic amines) is 1. The molecule has 1 aromatic carbocycles. The van der Waals surface area contributed by atoms with Crippen molar-refractivity contribution in [2.24, 2.45) is 0 Å². The lowest BCUT2D eigenvalue weighted by Gasteiger charge is -2.38. The van der Waals surface area contributed by atoms with Crippen molar-refractivity contribution >= 4 is 23.8 Å². The third-order valence-corrected chi connectivity index (χ3v) is 6.25. The van der Waals surface area contributed by atoms with Crippen LogP contribution in [0.5, 0.6) is 0 Å². The number of carbonyl (C=O) groups excluding carboxylic acids is 2. The van der Waals surface area contributed by atoms with Crippen LogP contribution in [0.2, 0.25) is 0 Å². The maximum Gasteiger partial charge on any atom is 0.411 e. The average molecular weight is 360 g/mol. The SMILES string of the molecule is CSCCC(=O)N1CCC(N2C(=O)O[C@H]3Cc4ccccc4[C@H]32)CC1. The second kappa shape index (κ2) is 6.90. The molecular formula is C19H24N2O3S. The topological polar surface area (TPSA) is 49.9 Å². The van der Waals surface area contributed by atoms with Crippen LogP contribution in [0.25, 0.3) is 0 Å². The van der Waals surface area contributed by atoms with Crippen molar-refractivity contribution in [3.8, 4) is 0 Å². The van der Waals surface area contributed by atoms with Crippen LogP contribution in [0.3, 0.4) is 0 Å². The van der Waals surface area contributed by atoms with Gasteiger partial charge in [-0.25, -0.2) is 4.79 Å². The van der Waals surface area contributed by atoms with E-state index in [1.54, 1.807) is 11.8 Å². The fraction of sp³-hybridized carbons (Fsp3) is 0.579. The highest BCUT2D eigenvalue weighted by Crippen LogP contribution is 2.44. The number of piperidine rings is 1. The molecule has 0 bridgehead atoms. The van der Waals surface area contributed by atoms with E-state index in [4.69, 9.17) is 4.74 Å². The molecule has 25 heavy (non-hydrogen) atoms. The summed E-state index contributed by atoms with van der Waals surface area (Å²) in [6.45, 7) is 1.47. The molecule has 2 heterocycles. The Balaban J connectivity index is 1.44. The molecule has 2 fully saturated rings. The fourth-order valence-corrected chi connectivity index (χ4v) is 4.77. The van der Waals surface area contributed by atoms with Gasteiger partial charge in [0.25, 0.3) is 0 Å². The van der Waals surface area contributed by atoms with E-state index < -0.39 is 0 Å². The van der Waals surface area contributed by atoms with Gasteiger partial charge in [-0.05, 0) is 30.2 Å². The standard InChI is InChI=1S/C19H24N2O3S/c1-25-11-8-17(22)20-9-6-14(7-10-20)21-18-15-5-3-2-4-13(15)12-16(18)24-19(21)23/h2-5,14,16,18H,6-12H2,1H3/t16-,18+/m0/s1. The maximum absolute atomic E-state index is 12.5. The van der Waals surface area contributed by atoms with Gasteiger partial charge in [0, 0.05) is 37.7 Å². The molecule has 4 rings (SSSR count). The average Bonchev–Trinajstić information content (AvgIpc) is 3.14. The van der Waals surface area contributed by atoms with Crippen LogP contribution >= 0.6 is 11.8 Å². The molecule has 0 spiro atoms. The Morgan fingerprint density at radius 1 is 1.28 bits per heavy atom. The van der Waals surface area contributed by atoms with Crippen molar-refractivity contribution < 1.29 is 14.3 Å². The Labute approximate surface area is 152 Å². The van der Waals surface area contributed by atoms with E-state index in [-0.39, 0.29) is 30.2 Å². The molecule has 2 aliphatic heterocycles. The first kappa shape index (κ1) is 16.8. The van der Waals surface area contributed by atoms with Crippen molar-refractivity contribution in [2.75, 3.05) is 25.1 Å². The summed E-state index contributed by atoms with van der Waals surface area (Å²) >= 11 is 1.70. The van der Waals surface area contributed by atoms with Crippen LogP contribution in [0.4, 0.5) is 4.79 Å². The molecule has 6 heteroatoms. The van der Waals surface area contributed by atoms with E-state index in [9.17, 15) is 9.59 Å². The minimum Gasteiger partial charge on any atom is -0.443 e. The van der Waals surface area contributed by atoms with E-state index in [2.05, 4.69) is 12.1 Å². The predicted molar refractivity (Wildman–Crippen MR) is 97.6 cm³/mol. The summed E-state index contributed by atoms with van der Waals surface area (Å²) in [7, 11) is 0. The highest BCUT2D eigenvalue weighted by Gasteiger charge is 2.50. The Hall–Kier alpha value is -1.69. The number of nitrogens with zero attached hydrogens (tertiary/aromatic N) is 2. The van der Waals surface area contributed by atoms with E-state index in [1.165, 1.54) is 11.1 Å². The molecule has 2 saturated heterocycles. The Morgan fingerprint density at radius 2 is 2.04 bits per heavy atom. The molecule has 0 N–H and O–H groups in total. The molecule has 1 aromatic rings. The molecule has 3 aliphatic rings. The lowest BCUT2D eigenvalue weighted by atomic mass is 9.99. The van der Waals surface area contributed by atoms with Crippen molar-refractivity contribution in [1.29, 1.82) is 0 Å². The highest BCUT2D eigenvalue weighted by molar-refractivity contribution is 7.98. The third-order valence-electron chi connectivity index (χ3n) is 5.64. The molecule has 0 radical (unpaired) electrons. The van der Waals surface area contributed by atoms with Crippen LogP contribution < -0.4 is 0 Å². The minimum atomic E-state index is -0.184. The summed E-state index contributed by atoms with van der Waals surface area (Å²) in [6, 6.07) is 8.55. The summed E-state index contributed by atoms with van der Waals surface area (Å²) in [4.78, 5) is 28.6. The number of ether oxygens (including phenoxy) is 1. The highest BCUT2D eigenvalue weighted by atomic mass is 32.2. The summed E-state index contributed by atoms with van der Waals surface area (Å²) in [5.74, 6) is 1.11. The molecule has 0 aromatic heterocycles. The number of thioether (sulfide) groups is 1. The van der Waals surface area contributed by atoms with Gasteiger partial charge in [0.05, 0.1) is 6.04 Å². The molecule has 5 nitrogen and oxygen atoms in total. The molecule has 134 valence electrons. The largest absolute Gasteiger partial charge is 0.443 e. The molecule has 0 unspecified atom stereocenters. The third kappa shape index (κ3) is 3.01. The lowest BCUT2D eigenvalue weighted by molar-refractivity contribution is -0.132. The number of amides is 2. The van der Waals surface area contributed by atoms with Gasteiger partial charge in [-0.3, -0.25) is 9.69 Å². The second-order valence-corrected chi connectivity index (χ2v) is 8.02. The molecule has 2 atom stereocenters. The van der Waals surface area contributed by atoms with Crippen LogP contribution in [-0.4, -0.2) is 59.0 Å². The number of hydrogen-bond acceptors (Lipinski definition) is 4. The van der Waals surface area contributed by atoms with E-state index in [1.807, 2.05) is 28.2 Å². The van der Waals surface area contributed by atoms with Crippen LogP contribution in [-0.2, 0) is 16.0 Å². The van der Waals surface area contributed by atoms with Crippen LogP contribution in [0.15, 0.2) is 24.3 Å². The number of fused-ring (bicyclic) bond motifs is 3. The zero-order chi connectivity index (χ0) is 17.4. The quantitative estimate of drug-likeness (QED) is 0.828. The molecule has 1 aliphatic carbocycles. The zero-order valence-electron chi connectivity index (χ0n) is 14.5. The molecular weight excluding hydrogens is 336 g/mol. The zero-order valence-corrected chi connectivity index (χ0v) is 15.3. The normalized spacial score (nSPS) is 25.7. The maximum atomic E-state index is 12.5. The molecule has 2 amide bonds. The monoisotopic (exact) mass is 360 g/mol. The van der Waals surface area contributed by atoms with Gasteiger partial charge in [0.1, 0.15) is 6.10 Å². The van der Waals surface area contributed by atoms with Gasteiger partial charge in [-0.2, -0.15) is 11.8 Å². The fourth-order valence-electron chi connectivity index (χ4n) is 4.39. The van der Waals surface area contributed by atoms with Crippen molar-refractivity contribution in [3.63, 3.8) is 0 Å². The van der Waals surface area contributed by atoms with Crippen molar-refractivity contribution in [2.45, 2.75) is 43.9 Å². The lowest BCUT2D eigenvalue weighted by Crippen LogP contribution is -2.47. The van der Waals surface area contributed by atoms with Crippen molar-refractivity contribution in [3.05, 3.63) is 35.4 Å². The molecule has 0 saturated carbocycles. The first-order chi connectivity index (χ1) is 12.2. The van der Waals surface area contributed by atoms with Crippen LogP contribution in [0.1, 0.15) is 36.4 Å². The summed E-state index contributed by atoms with van der Waals surface area (Å²) in [6.07, 6.45) is 4.89. The Kier molecular flexibility index (Phi) is 4.63. The van der Waals surface area contributed by atoms with E-state index in [0.29, 0.717) is 6.42 Å². The number of rotatable bonds is 4. The van der Waals surface area contributed by atoms with Gasteiger partial charge >= 0.3 is 6.09 Å². The van der Waals surface area contributed by atoms with Gasteiger partial charge in [-0.15, -0.1) is 0 Å².